The highest BCUT2D eigenvalue weighted by Gasteiger charge is 2.38. The molecule has 0 atom stereocenters. The van der Waals surface area contributed by atoms with Crippen LogP contribution in [0.5, 0.6) is 0 Å². The molecule has 1 heterocycles. The van der Waals surface area contributed by atoms with Crippen molar-refractivity contribution in [3.63, 3.8) is 0 Å². The normalized spacial score (nSPS) is 13.0. The molecular formula is C27H26F3N4O3+. The number of aromatic nitrogens is 1. The number of pyridine rings is 1. The maximum Gasteiger partial charge on any atom is 0.490 e. The van der Waals surface area contributed by atoms with Crippen LogP contribution in [0.25, 0.3) is 16.7 Å². The summed E-state index contributed by atoms with van der Waals surface area (Å²) in [6.07, 6.45) is 1.54. The van der Waals surface area contributed by atoms with E-state index in [9.17, 15) is 18.0 Å². The number of amides is 1. The Hall–Kier alpha value is -4.47. The van der Waals surface area contributed by atoms with E-state index in [1.165, 1.54) is 0 Å². The zero-order valence-corrected chi connectivity index (χ0v) is 20.0. The number of hydrogen-bond acceptors (Lipinski definition) is 3. The number of amidine groups is 1. The SMILES string of the molecule is C[n+]1cccc(-c2ccc(NC(=O)C3=C(c4cccc(C(=N)N)c4)CCC3)cc2)c1.O=C(O)C(F)(F)F. The van der Waals surface area contributed by atoms with Gasteiger partial charge in [0.25, 0.3) is 5.91 Å². The largest absolute Gasteiger partial charge is 0.490 e. The number of aliphatic carboxylic acids is 1. The number of alkyl halides is 3. The Morgan fingerprint density at radius 2 is 1.65 bits per heavy atom. The monoisotopic (exact) mass is 511 g/mol. The molecule has 0 unspecified atom stereocenters. The van der Waals surface area contributed by atoms with Gasteiger partial charge in [0.1, 0.15) is 12.9 Å². The quantitative estimate of drug-likeness (QED) is 0.226. The van der Waals surface area contributed by atoms with Crippen molar-refractivity contribution in [3.05, 3.63) is 89.8 Å². The molecule has 1 aliphatic carbocycles. The summed E-state index contributed by atoms with van der Waals surface area (Å²) in [4.78, 5) is 21.9. The van der Waals surface area contributed by atoms with Gasteiger partial charge in [0.15, 0.2) is 12.4 Å². The minimum atomic E-state index is -5.08. The van der Waals surface area contributed by atoms with E-state index < -0.39 is 12.1 Å². The van der Waals surface area contributed by atoms with Gasteiger partial charge < -0.3 is 16.2 Å². The maximum absolute atomic E-state index is 13.0. The third-order valence-corrected chi connectivity index (χ3v) is 5.67. The van der Waals surface area contributed by atoms with E-state index in [2.05, 4.69) is 17.6 Å². The molecule has 1 aromatic heterocycles. The fourth-order valence-corrected chi connectivity index (χ4v) is 3.90. The number of rotatable bonds is 5. The summed E-state index contributed by atoms with van der Waals surface area (Å²) in [5.74, 6) is -2.78. The number of hydrogen-bond donors (Lipinski definition) is 4. The number of benzene rings is 2. The highest BCUT2D eigenvalue weighted by atomic mass is 19.4. The van der Waals surface area contributed by atoms with Gasteiger partial charge >= 0.3 is 12.1 Å². The van der Waals surface area contributed by atoms with Gasteiger partial charge in [-0.1, -0.05) is 30.3 Å². The molecule has 0 bridgehead atoms. The first kappa shape index (κ1) is 27.1. The number of carboxylic acids is 1. The summed E-state index contributed by atoms with van der Waals surface area (Å²) in [6, 6.07) is 19.6. The lowest BCUT2D eigenvalue weighted by atomic mass is 9.99. The van der Waals surface area contributed by atoms with Crippen LogP contribution in [0.3, 0.4) is 0 Å². The predicted molar refractivity (Wildman–Crippen MR) is 134 cm³/mol. The number of allylic oxidation sites excluding steroid dienone is 1. The van der Waals surface area contributed by atoms with Crippen molar-refractivity contribution < 1.29 is 32.4 Å². The van der Waals surface area contributed by atoms with Crippen molar-refractivity contribution in [1.82, 2.24) is 0 Å². The average molecular weight is 512 g/mol. The zero-order chi connectivity index (χ0) is 27.2. The van der Waals surface area contributed by atoms with Crippen molar-refractivity contribution in [2.45, 2.75) is 25.4 Å². The molecule has 7 nitrogen and oxygen atoms in total. The number of anilines is 1. The Kier molecular flexibility index (Phi) is 8.44. The lowest BCUT2D eigenvalue weighted by Gasteiger charge is -2.11. The van der Waals surface area contributed by atoms with Gasteiger partial charge in [-0.3, -0.25) is 10.2 Å². The average Bonchev–Trinajstić information content (AvgIpc) is 3.35. The number of carbonyl (C=O) groups is 2. The molecule has 37 heavy (non-hydrogen) atoms. The van der Waals surface area contributed by atoms with Crippen molar-refractivity contribution in [3.8, 4) is 11.1 Å². The molecule has 0 fully saturated rings. The lowest BCUT2D eigenvalue weighted by molar-refractivity contribution is -0.671. The van der Waals surface area contributed by atoms with Crippen molar-refractivity contribution >= 4 is 29.0 Å². The van der Waals surface area contributed by atoms with E-state index in [4.69, 9.17) is 21.0 Å². The molecule has 1 amide bonds. The summed E-state index contributed by atoms with van der Waals surface area (Å²) in [6.45, 7) is 0. The molecule has 0 aliphatic heterocycles. The Morgan fingerprint density at radius 3 is 2.24 bits per heavy atom. The molecule has 0 saturated carbocycles. The Balaban J connectivity index is 0.000000479. The van der Waals surface area contributed by atoms with Gasteiger partial charge in [0, 0.05) is 28.5 Å². The van der Waals surface area contributed by atoms with Gasteiger partial charge in [-0.05, 0) is 60.2 Å². The molecule has 10 heteroatoms. The van der Waals surface area contributed by atoms with E-state index >= 15 is 0 Å². The maximum atomic E-state index is 13.0. The number of carbonyl (C=O) groups excluding carboxylic acids is 1. The summed E-state index contributed by atoms with van der Waals surface area (Å²) in [5, 5.41) is 17.8. The summed E-state index contributed by atoms with van der Waals surface area (Å²) in [7, 11) is 2.00. The Labute approximate surface area is 211 Å². The van der Waals surface area contributed by atoms with Crippen molar-refractivity contribution in [2.24, 2.45) is 12.8 Å². The molecule has 192 valence electrons. The van der Waals surface area contributed by atoms with Crippen LogP contribution in [0.1, 0.15) is 30.4 Å². The minimum Gasteiger partial charge on any atom is -0.475 e. The van der Waals surface area contributed by atoms with Crippen LogP contribution in [0.15, 0.2) is 78.6 Å². The number of nitrogens with zero attached hydrogens (tertiary/aromatic N) is 1. The zero-order valence-electron chi connectivity index (χ0n) is 20.0. The first-order valence-corrected chi connectivity index (χ1v) is 11.3. The second-order valence-electron chi connectivity index (χ2n) is 8.40. The number of aryl methyl sites for hydroxylation is 1. The summed E-state index contributed by atoms with van der Waals surface area (Å²) < 4.78 is 33.8. The number of nitrogens with one attached hydrogen (secondary N) is 2. The van der Waals surface area contributed by atoms with E-state index in [0.29, 0.717) is 5.56 Å². The molecule has 2 aromatic carbocycles. The van der Waals surface area contributed by atoms with E-state index in [1.54, 1.807) is 0 Å². The van der Waals surface area contributed by atoms with Gasteiger partial charge in [0.2, 0.25) is 0 Å². The number of carboxylic acid groups (broad SMARTS) is 1. The molecule has 0 radical (unpaired) electrons. The Morgan fingerprint density at radius 1 is 1.00 bits per heavy atom. The molecule has 3 aromatic rings. The summed E-state index contributed by atoms with van der Waals surface area (Å²) >= 11 is 0. The molecule has 0 saturated heterocycles. The standard InChI is InChI=1S/C25H24N4O.C2HF3O2/c1-29-14-4-7-20(16-29)17-10-12-21(13-11-17)28-25(30)23-9-3-8-22(23)18-5-2-6-19(15-18)24(26)27;3-2(4,5)1(6)7/h2,4-7,10-16H,3,8-9H2,1H3,(H3-,26,27,28,30);(H,6,7)/p+1. The topological polar surface area (TPSA) is 120 Å². The second-order valence-corrected chi connectivity index (χ2v) is 8.40. The predicted octanol–water partition coefficient (Wildman–Crippen LogP) is 4.67. The molecule has 5 N–H and O–H groups in total. The molecule has 1 aliphatic rings. The van der Waals surface area contributed by atoms with Crippen LogP contribution in [0.2, 0.25) is 0 Å². The van der Waals surface area contributed by atoms with Gasteiger partial charge in [-0.2, -0.15) is 13.2 Å². The van der Waals surface area contributed by atoms with Crippen LogP contribution in [-0.4, -0.2) is 29.0 Å². The molecular weight excluding hydrogens is 485 g/mol. The Bertz CT molecular complexity index is 1350. The fourth-order valence-electron chi connectivity index (χ4n) is 3.90. The van der Waals surface area contributed by atoms with Crippen LogP contribution in [-0.2, 0) is 16.6 Å². The first-order valence-electron chi connectivity index (χ1n) is 11.3. The minimum absolute atomic E-state index is 0.0357. The van der Waals surface area contributed by atoms with Gasteiger partial charge in [-0.25, -0.2) is 9.36 Å². The highest BCUT2D eigenvalue weighted by molar-refractivity contribution is 6.10. The second kappa shape index (κ2) is 11.5. The number of nitrogen functional groups attached to an aromatic ring is 1. The lowest BCUT2D eigenvalue weighted by Crippen LogP contribution is -2.26. The van der Waals surface area contributed by atoms with E-state index in [-0.39, 0.29) is 11.7 Å². The van der Waals surface area contributed by atoms with E-state index in [0.717, 1.165) is 52.8 Å². The molecule has 4 rings (SSSR count). The van der Waals surface area contributed by atoms with Gasteiger partial charge in [0.05, 0.1) is 0 Å². The number of nitrogens with two attached hydrogens (primary N) is 1. The summed E-state index contributed by atoms with van der Waals surface area (Å²) in [5.41, 5.74) is 12.1. The number of halogens is 3. The van der Waals surface area contributed by atoms with Crippen LogP contribution >= 0.6 is 0 Å². The van der Waals surface area contributed by atoms with Crippen molar-refractivity contribution in [1.29, 1.82) is 5.41 Å². The smallest absolute Gasteiger partial charge is 0.475 e. The highest BCUT2D eigenvalue weighted by Crippen LogP contribution is 2.35. The van der Waals surface area contributed by atoms with Gasteiger partial charge in [-0.15, -0.1) is 0 Å². The van der Waals surface area contributed by atoms with Crippen LogP contribution in [0.4, 0.5) is 18.9 Å². The van der Waals surface area contributed by atoms with Crippen molar-refractivity contribution in [2.75, 3.05) is 5.32 Å². The van der Waals surface area contributed by atoms with E-state index in [1.807, 2.05) is 72.4 Å². The fraction of sp³-hybridized carbons (Fsp3) is 0.185. The molecule has 0 spiro atoms. The third kappa shape index (κ3) is 7.26. The third-order valence-electron chi connectivity index (χ3n) is 5.67. The van der Waals surface area contributed by atoms with Crippen LogP contribution in [0, 0.1) is 5.41 Å². The van der Waals surface area contributed by atoms with Crippen LogP contribution < -0.4 is 15.6 Å². The first-order chi connectivity index (χ1) is 17.5.